The highest BCUT2D eigenvalue weighted by Crippen LogP contribution is 2.65. The van der Waals surface area contributed by atoms with Crippen LogP contribution in [0.5, 0.6) is 0 Å². The molecule has 8 N–H and O–H groups in total. The van der Waals surface area contributed by atoms with E-state index >= 15 is 4.79 Å². The Morgan fingerprint density at radius 2 is 1.42 bits per heavy atom. The first-order valence-electron chi connectivity index (χ1n) is 38.0. The van der Waals surface area contributed by atoms with Crippen LogP contribution in [0.3, 0.4) is 0 Å². The number of ether oxygens (including phenoxy) is 6. The number of hydrogen-bond donors (Lipinski definition) is 7. The lowest BCUT2D eigenvalue weighted by molar-refractivity contribution is -0.346. The number of ketones is 1. The number of fused-ring (bicyclic) bond motifs is 6. The summed E-state index contributed by atoms with van der Waals surface area (Å²) in [4.78, 5) is 171. The predicted molar refractivity (Wildman–Crippen MR) is 421 cm³/mol. The Hall–Kier alpha value is -11.5. The van der Waals surface area contributed by atoms with Gasteiger partial charge in [-0.2, -0.15) is 24.8 Å². The molecule has 3 aromatic heterocycles. The number of Topliss-reactive ketones (excluding diaryl/α,β-unsaturated/α-hetero) is 1. The van der Waals surface area contributed by atoms with E-state index < -0.39 is 147 Å². The van der Waals surface area contributed by atoms with E-state index in [1.165, 1.54) is 26.0 Å². The molecule has 11 atom stereocenters. The molecule has 11 rings (SSSR count). The molecular formula is C83H96N10O21Si2. The molecule has 1 aliphatic heterocycles. The largest absolute Gasteiger partial charge is 0.461 e. The van der Waals surface area contributed by atoms with Gasteiger partial charge in [0.15, 0.2) is 51.4 Å². The third-order valence-corrected chi connectivity index (χ3v) is 28.7. The van der Waals surface area contributed by atoms with Crippen molar-refractivity contribution in [3.8, 4) is 0 Å². The number of aryl methyl sites for hydroxylation is 4. The Labute approximate surface area is 670 Å². The van der Waals surface area contributed by atoms with Crippen molar-refractivity contribution in [3.63, 3.8) is 0 Å². The number of hydrogen-bond acceptors (Lipinski definition) is 27. The fourth-order valence-corrected chi connectivity index (χ4v) is 24.0. The minimum atomic E-state index is -2.73. The van der Waals surface area contributed by atoms with Crippen molar-refractivity contribution < 1.29 is 95.5 Å². The number of carbonyl (C=O) groups is 9. The fourth-order valence-electron chi connectivity index (χ4n) is 16.1. The Bertz CT molecular complexity index is 5010. The second kappa shape index (κ2) is 36.6. The van der Waals surface area contributed by atoms with E-state index in [9.17, 15) is 53.4 Å². The maximum absolute atomic E-state index is 16.6. The number of nitrogens with one attached hydrogen (secondary N) is 4. The molecule has 116 heavy (non-hydrogen) atoms. The number of aromatic nitrogens is 6. The number of esters is 5. The lowest BCUT2D eigenvalue weighted by Crippen LogP contribution is -2.82. The maximum atomic E-state index is 16.6. The van der Waals surface area contributed by atoms with E-state index in [1.54, 1.807) is 117 Å². The summed E-state index contributed by atoms with van der Waals surface area (Å²) in [7, 11) is -5.22. The number of aromatic amines is 1. The highest BCUT2D eigenvalue weighted by Gasteiger charge is 2.79. The van der Waals surface area contributed by atoms with Crippen LogP contribution in [0, 0.1) is 23.7 Å². The summed E-state index contributed by atoms with van der Waals surface area (Å²) >= 11 is 0. The van der Waals surface area contributed by atoms with Gasteiger partial charge in [0, 0.05) is 56.2 Å². The Morgan fingerprint density at radius 3 is 2.05 bits per heavy atom. The summed E-state index contributed by atoms with van der Waals surface area (Å²) in [5.74, 6) is -8.65. The molecule has 612 valence electrons. The lowest BCUT2D eigenvalue weighted by Gasteiger charge is -2.67. The molecular weight excluding hydrogens is 1530 g/mol. The highest BCUT2D eigenvalue weighted by molar-refractivity contribution is 6.87. The van der Waals surface area contributed by atoms with Gasteiger partial charge in [-0.05, 0) is 149 Å². The van der Waals surface area contributed by atoms with Crippen molar-refractivity contribution in [2.75, 3.05) is 18.9 Å². The predicted octanol–water partition coefficient (Wildman–Crippen LogP) is 7.18. The minimum Gasteiger partial charge on any atom is -0.461 e. The number of anilines is 1. The summed E-state index contributed by atoms with van der Waals surface area (Å²) in [6.07, 6.45) is -5.91. The van der Waals surface area contributed by atoms with Gasteiger partial charge >= 0.3 is 36.0 Å². The van der Waals surface area contributed by atoms with Crippen molar-refractivity contribution in [2.45, 2.75) is 192 Å². The number of carbonyl (C=O) groups excluding carboxylic acids is 11. The second-order valence-corrected chi connectivity index (χ2v) is 39.6. The average molecular weight is 1630 g/mol. The summed E-state index contributed by atoms with van der Waals surface area (Å²) in [6, 6.07) is 32.4. The monoisotopic (exact) mass is 1620 g/mol. The van der Waals surface area contributed by atoms with Gasteiger partial charge in [0.2, 0.25) is 11.9 Å². The van der Waals surface area contributed by atoms with Gasteiger partial charge in [-0.1, -0.05) is 104 Å². The van der Waals surface area contributed by atoms with Gasteiger partial charge in [0.1, 0.15) is 30.0 Å². The first-order valence-corrected chi connectivity index (χ1v) is 44.1. The van der Waals surface area contributed by atoms with Crippen LogP contribution in [0.25, 0.3) is 11.2 Å². The first kappa shape index (κ1) is 86.9. The molecule has 1 saturated heterocycles. The number of benzene rings is 4. The first-order chi connectivity index (χ1) is 54.9. The number of nitrogen functional groups attached to an aromatic ring is 1. The van der Waals surface area contributed by atoms with E-state index in [0.29, 0.717) is 54.2 Å². The third kappa shape index (κ3) is 19.7. The number of aliphatic hydroxyl groups is 2. The Kier molecular flexibility index (Phi) is 27.4. The maximum Gasteiger partial charge on any atom is 0.373 e. The van der Waals surface area contributed by atoms with Crippen molar-refractivity contribution in [1.82, 2.24) is 46.1 Å². The average Bonchev–Trinajstić information content (AvgIpc) is 0.666. The number of nitrogens with two attached hydrogens (primary N) is 1. The molecule has 31 nitrogen and oxygen atoms in total. The van der Waals surface area contributed by atoms with E-state index in [2.05, 4.69) is 59.2 Å². The molecule has 0 radical (unpaired) electrons. The fraction of sp³-hybridized carbons (Fsp3) is 0.422. The van der Waals surface area contributed by atoms with E-state index in [0.717, 1.165) is 30.7 Å². The van der Waals surface area contributed by atoms with E-state index in [-0.39, 0.29) is 89.7 Å². The molecule has 2 saturated carbocycles. The quantitative estimate of drug-likeness (QED) is 0.00802. The van der Waals surface area contributed by atoms with Crippen molar-refractivity contribution >= 4 is 93.2 Å². The molecule has 4 heterocycles. The minimum absolute atomic E-state index is 0.0133. The zero-order valence-electron chi connectivity index (χ0n) is 66.3. The van der Waals surface area contributed by atoms with Crippen LogP contribution in [-0.2, 0) is 96.7 Å². The molecule has 3 fully saturated rings. The number of aliphatic hydroxyl groups excluding tert-OH is 1. The molecule has 3 aliphatic carbocycles. The lowest BCUT2D eigenvalue weighted by atomic mass is 9.44. The van der Waals surface area contributed by atoms with Gasteiger partial charge in [-0.15, -0.1) is 0 Å². The summed E-state index contributed by atoms with van der Waals surface area (Å²) < 4.78 is 45.1. The normalized spacial score (nSPS) is 22.5. The molecule has 0 unspecified atom stereocenters. The molecule has 7 aromatic rings. The van der Waals surface area contributed by atoms with Gasteiger partial charge < -0.3 is 64.4 Å². The zero-order chi connectivity index (χ0) is 84.2. The molecule has 4 aromatic carbocycles. The number of amides is 3. The van der Waals surface area contributed by atoms with Gasteiger partial charge in [-0.25, -0.2) is 19.6 Å². The molecule has 3 amide bonds. The van der Waals surface area contributed by atoms with Crippen LogP contribution < -0.4 is 27.2 Å². The smallest absolute Gasteiger partial charge is 0.373 e. The second-order valence-electron chi connectivity index (χ2n) is 31.3. The third-order valence-electron chi connectivity index (χ3n) is 21.9. The van der Waals surface area contributed by atoms with Crippen LogP contribution in [0.1, 0.15) is 145 Å². The van der Waals surface area contributed by atoms with E-state index in [1.807, 2.05) is 43.9 Å². The number of nitrogens with zero attached hydrogens (tertiary/aromatic N) is 5. The van der Waals surface area contributed by atoms with Crippen molar-refractivity contribution in [2.24, 2.45) is 16.7 Å². The summed E-state index contributed by atoms with van der Waals surface area (Å²) in [5, 5.41) is 43.9. The Morgan fingerprint density at radius 1 is 0.776 bits per heavy atom. The molecule has 33 heteroatoms. The standard InChI is InChI=1S/C82H96N10O19Si2.CO2/c1-47-41-57(45-85-62(95)29-21-38-84-73(99)54-34-31-51(32-35-54)33-36-56-44-86-72-66(87-56)75(101)90-78(83)89-72)91-92-58(47)37-40-113(10,11)111-112(8,9)39-22-30-63(96)108-60-42-61-81(46-105-61,110-50(4)94)69-71(109-76(102)55-27-19-14-20-28-55)82(104)43-59(48(2)64(79(82,5)6)68(106-49(3)93)70(98)80(60,69)7)107-77(103)67(97)65(52-23-15-12-16-24-52)88-74(100)53-25-17-13-18-26-53;2-1-3/h12-20,22-28,31-32,34-35,39,41,44,59-61,65,67-69,71,97,104H,21,29-30,33,36-38,40,42-43,45-46H2,1-11H3,(H,84,99)(H,85,95)(H,88,100)(H3,83,86,89,90,101);/b39-22+;/t59-,60-,61+,65-,67+,68+,69-,71-,80+,81-,82+;/m0./s1. The van der Waals surface area contributed by atoms with Crippen LogP contribution in [0.15, 0.2) is 155 Å². The summed E-state index contributed by atoms with van der Waals surface area (Å²) in [6.45, 7) is 18.4. The number of rotatable bonds is 29. The van der Waals surface area contributed by atoms with Gasteiger partial charge in [0.25, 0.3) is 17.4 Å². The van der Waals surface area contributed by atoms with Gasteiger partial charge in [-0.3, -0.25) is 43.3 Å². The van der Waals surface area contributed by atoms with Crippen LogP contribution in [-0.4, -0.2) is 177 Å². The SMILES string of the molecule is CC(=O)O[C@H]1C(=O)[C@]2(C)[C@@H](OC(=O)C/C=C/[Si](C)(C)O[Si](C)(C)CCc3nnc(CNC(=O)CCCNC(=O)c4ccc(CCc5cnc6nc(N)[nH]c(=O)c6n5)cc4)cc3C)C[C@H]3OC[C@@]3(OC(C)=O)[C@H]2[C@H](OC(=O)c2ccccc2)[C@]2(O)C[C@H](OC(=O)[C@H](O)[C@@H](NC(=O)c3ccccc3)c3ccccc3)C(C)=C1C2(C)C.O=C=O. The molecule has 4 aliphatic rings. The molecule has 0 spiro atoms. The molecule has 2 bridgehead atoms. The van der Waals surface area contributed by atoms with Crippen LogP contribution in [0.2, 0.25) is 32.2 Å². The van der Waals surface area contributed by atoms with Crippen molar-refractivity contribution in [1.29, 1.82) is 0 Å². The topological polar surface area (TPSA) is 452 Å². The summed E-state index contributed by atoms with van der Waals surface area (Å²) in [5.41, 5.74) is 3.67. The number of H-pyrrole nitrogens is 1. The van der Waals surface area contributed by atoms with E-state index in [4.69, 9.17) is 47.9 Å². The van der Waals surface area contributed by atoms with Crippen LogP contribution in [0.4, 0.5) is 5.95 Å². The van der Waals surface area contributed by atoms with Gasteiger partial charge in [0.05, 0.1) is 65.8 Å². The van der Waals surface area contributed by atoms with Crippen LogP contribution >= 0.6 is 0 Å². The Balaban J connectivity index is 0.00000466. The zero-order valence-corrected chi connectivity index (χ0v) is 68.3. The highest BCUT2D eigenvalue weighted by atomic mass is 28.4. The van der Waals surface area contributed by atoms with Crippen molar-refractivity contribution in [3.05, 3.63) is 211 Å².